The summed E-state index contributed by atoms with van der Waals surface area (Å²) in [6.45, 7) is 8.92. The molecule has 2 fully saturated rings. The maximum atomic E-state index is 10.9. The maximum absolute atomic E-state index is 10.9. The highest BCUT2D eigenvalue weighted by atomic mass is 16.5. The van der Waals surface area contributed by atoms with Gasteiger partial charge in [0.15, 0.2) is 0 Å². The molecular formula is C14H27NO2. The van der Waals surface area contributed by atoms with Gasteiger partial charge in [-0.15, -0.1) is 0 Å². The van der Waals surface area contributed by atoms with Crippen LogP contribution in [0.5, 0.6) is 0 Å². The Morgan fingerprint density at radius 3 is 2.12 bits per heavy atom. The van der Waals surface area contributed by atoms with E-state index in [0.29, 0.717) is 24.9 Å². The minimum atomic E-state index is -0.848. The lowest BCUT2D eigenvalue weighted by Gasteiger charge is -2.48. The summed E-state index contributed by atoms with van der Waals surface area (Å²) >= 11 is 0. The van der Waals surface area contributed by atoms with E-state index in [2.05, 4.69) is 13.8 Å². The van der Waals surface area contributed by atoms with Crippen molar-refractivity contribution < 1.29 is 9.84 Å². The minimum Gasteiger partial charge on any atom is -0.385 e. The third kappa shape index (κ3) is 2.38. The largest absolute Gasteiger partial charge is 0.385 e. The molecule has 1 heterocycles. The number of nitrogens with two attached hydrogens (primary N) is 1. The van der Waals surface area contributed by atoms with Crippen LogP contribution in [0.25, 0.3) is 0 Å². The lowest BCUT2D eigenvalue weighted by molar-refractivity contribution is -0.0708. The summed E-state index contributed by atoms with van der Waals surface area (Å²) in [4.78, 5) is 0. The Kier molecular flexibility index (Phi) is 3.08. The molecule has 3 heteroatoms. The molecule has 3 atom stereocenters. The molecule has 17 heavy (non-hydrogen) atoms. The quantitative estimate of drug-likeness (QED) is 0.739. The number of aliphatic hydroxyl groups is 1. The third-order valence-electron chi connectivity index (χ3n) is 4.58. The van der Waals surface area contributed by atoms with Gasteiger partial charge in [0, 0.05) is 12.0 Å². The van der Waals surface area contributed by atoms with Crippen LogP contribution in [-0.4, -0.2) is 28.5 Å². The molecule has 0 aromatic carbocycles. The van der Waals surface area contributed by atoms with Crippen molar-refractivity contribution in [2.24, 2.45) is 17.6 Å². The van der Waals surface area contributed by atoms with Gasteiger partial charge in [-0.1, -0.05) is 13.8 Å². The van der Waals surface area contributed by atoms with Gasteiger partial charge in [0.2, 0.25) is 0 Å². The summed E-state index contributed by atoms with van der Waals surface area (Å²) in [7, 11) is 0. The van der Waals surface area contributed by atoms with Gasteiger partial charge in [-0.2, -0.15) is 0 Å². The summed E-state index contributed by atoms with van der Waals surface area (Å²) < 4.78 is 5.71. The van der Waals surface area contributed by atoms with Crippen molar-refractivity contribution in [3.05, 3.63) is 0 Å². The molecule has 3 unspecified atom stereocenters. The van der Waals surface area contributed by atoms with Crippen LogP contribution in [0, 0.1) is 11.8 Å². The first kappa shape index (κ1) is 13.3. The standard InChI is InChI=1S/C14H27NO2/c1-10-5-11(2)7-13(15,6-10)14(16)8-12(3,4)17-9-14/h10-11,16H,5-9,15H2,1-4H3. The average molecular weight is 241 g/mol. The molecule has 0 aromatic rings. The Morgan fingerprint density at radius 2 is 1.71 bits per heavy atom. The number of hydrogen-bond acceptors (Lipinski definition) is 3. The Labute approximate surface area is 105 Å². The van der Waals surface area contributed by atoms with Crippen LogP contribution < -0.4 is 5.73 Å². The lowest BCUT2D eigenvalue weighted by atomic mass is 9.63. The molecule has 3 N–H and O–H groups in total. The van der Waals surface area contributed by atoms with Crippen LogP contribution in [-0.2, 0) is 4.74 Å². The molecule has 1 aliphatic heterocycles. The van der Waals surface area contributed by atoms with Crippen LogP contribution in [0.15, 0.2) is 0 Å². The van der Waals surface area contributed by atoms with E-state index in [0.717, 1.165) is 12.8 Å². The predicted octanol–water partition coefficient (Wildman–Crippen LogP) is 2.07. The summed E-state index contributed by atoms with van der Waals surface area (Å²) in [5.41, 5.74) is 5.00. The molecule has 0 aromatic heterocycles. The van der Waals surface area contributed by atoms with E-state index in [1.807, 2.05) is 13.8 Å². The maximum Gasteiger partial charge on any atom is 0.109 e. The molecule has 0 radical (unpaired) electrons. The van der Waals surface area contributed by atoms with E-state index in [-0.39, 0.29) is 5.60 Å². The van der Waals surface area contributed by atoms with Gasteiger partial charge < -0.3 is 15.6 Å². The number of rotatable bonds is 1. The van der Waals surface area contributed by atoms with E-state index < -0.39 is 11.1 Å². The predicted molar refractivity (Wildman–Crippen MR) is 68.7 cm³/mol. The molecule has 0 bridgehead atoms. The Bertz CT molecular complexity index is 293. The van der Waals surface area contributed by atoms with Crippen molar-refractivity contribution in [1.29, 1.82) is 0 Å². The first-order chi connectivity index (χ1) is 7.66. The molecule has 0 amide bonds. The van der Waals surface area contributed by atoms with Crippen LogP contribution in [0.1, 0.15) is 53.4 Å². The Morgan fingerprint density at radius 1 is 1.18 bits per heavy atom. The second-order valence-corrected chi connectivity index (χ2v) is 7.27. The molecule has 2 aliphatic rings. The summed E-state index contributed by atoms with van der Waals surface area (Å²) in [6.07, 6.45) is 3.69. The Hall–Kier alpha value is -0.120. The van der Waals surface area contributed by atoms with Crippen LogP contribution in [0.3, 0.4) is 0 Å². The highest BCUT2D eigenvalue weighted by Gasteiger charge is 2.56. The molecule has 0 spiro atoms. The molecular weight excluding hydrogens is 214 g/mol. The zero-order valence-corrected chi connectivity index (χ0v) is 11.6. The average Bonchev–Trinajstić information content (AvgIpc) is 2.39. The SMILES string of the molecule is CC1CC(C)CC(N)(C2(O)COC(C)(C)C2)C1. The fraction of sp³-hybridized carbons (Fsp3) is 1.00. The summed E-state index contributed by atoms with van der Waals surface area (Å²) in [5, 5.41) is 10.9. The third-order valence-corrected chi connectivity index (χ3v) is 4.58. The van der Waals surface area contributed by atoms with Crippen LogP contribution in [0.4, 0.5) is 0 Å². The van der Waals surface area contributed by atoms with Crippen molar-refractivity contribution in [2.75, 3.05) is 6.61 Å². The zero-order valence-electron chi connectivity index (χ0n) is 11.6. The molecule has 100 valence electrons. The normalized spacial score (nSPS) is 50.5. The van der Waals surface area contributed by atoms with Crippen molar-refractivity contribution in [1.82, 2.24) is 0 Å². The second-order valence-electron chi connectivity index (χ2n) is 7.27. The Balaban J connectivity index is 2.20. The number of hydrogen-bond donors (Lipinski definition) is 2. The van der Waals surface area contributed by atoms with Crippen molar-refractivity contribution in [2.45, 2.75) is 70.1 Å². The van der Waals surface area contributed by atoms with E-state index in [9.17, 15) is 5.11 Å². The molecule has 1 aliphatic carbocycles. The molecule has 1 saturated heterocycles. The fourth-order valence-electron chi connectivity index (χ4n) is 4.00. The zero-order chi connectivity index (χ0) is 12.9. The van der Waals surface area contributed by atoms with Crippen molar-refractivity contribution in [3.8, 4) is 0 Å². The molecule has 2 rings (SSSR count). The van der Waals surface area contributed by atoms with Gasteiger partial charge in [-0.25, -0.2) is 0 Å². The summed E-state index contributed by atoms with van der Waals surface area (Å²) in [5.74, 6) is 1.19. The molecule has 1 saturated carbocycles. The minimum absolute atomic E-state index is 0.245. The topological polar surface area (TPSA) is 55.5 Å². The second kappa shape index (κ2) is 3.94. The first-order valence-electron chi connectivity index (χ1n) is 6.81. The van der Waals surface area contributed by atoms with Crippen LogP contribution >= 0.6 is 0 Å². The van der Waals surface area contributed by atoms with Gasteiger partial charge in [-0.05, 0) is 44.9 Å². The fourth-order valence-corrected chi connectivity index (χ4v) is 4.00. The lowest BCUT2D eigenvalue weighted by Crippen LogP contribution is -2.64. The van der Waals surface area contributed by atoms with Gasteiger partial charge >= 0.3 is 0 Å². The van der Waals surface area contributed by atoms with E-state index in [1.165, 1.54) is 6.42 Å². The van der Waals surface area contributed by atoms with E-state index in [4.69, 9.17) is 10.5 Å². The highest BCUT2D eigenvalue weighted by Crippen LogP contribution is 2.47. The van der Waals surface area contributed by atoms with E-state index in [1.54, 1.807) is 0 Å². The van der Waals surface area contributed by atoms with E-state index >= 15 is 0 Å². The highest BCUT2D eigenvalue weighted by molar-refractivity contribution is 5.11. The van der Waals surface area contributed by atoms with Gasteiger partial charge in [0.1, 0.15) is 5.60 Å². The van der Waals surface area contributed by atoms with Crippen LogP contribution in [0.2, 0.25) is 0 Å². The van der Waals surface area contributed by atoms with Gasteiger partial charge in [-0.3, -0.25) is 0 Å². The number of ether oxygens (including phenoxy) is 1. The van der Waals surface area contributed by atoms with Gasteiger partial charge in [0.05, 0.1) is 12.2 Å². The van der Waals surface area contributed by atoms with Crippen molar-refractivity contribution in [3.63, 3.8) is 0 Å². The van der Waals surface area contributed by atoms with Gasteiger partial charge in [0.25, 0.3) is 0 Å². The first-order valence-corrected chi connectivity index (χ1v) is 6.81. The summed E-state index contributed by atoms with van der Waals surface area (Å²) in [6, 6.07) is 0. The smallest absolute Gasteiger partial charge is 0.109 e. The van der Waals surface area contributed by atoms with Crippen molar-refractivity contribution >= 4 is 0 Å². The molecule has 3 nitrogen and oxygen atoms in total. The monoisotopic (exact) mass is 241 g/mol.